The summed E-state index contributed by atoms with van der Waals surface area (Å²) < 4.78 is 7.60. The molecular formula is C24H17N5O2. The average Bonchev–Trinajstić information content (AvgIpc) is 3.25. The molecule has 31 heavy (non-hydrogen) atoms. The number of amides is 1. The number of imidazole rings is 1. The van der Waals surface area contributed by atoms with Gasteiger partial charge >= 0.3 is 0 Å². The summed E-state index contributed by atoms with van der Waals surface area (Å²) in [5.74, 6) is 0.797. The number of hydrogen-bond donors (Lipinski definition) is 1. The number of para-hydroxylation sites is 2. The number of carbonyl (C=O) groups excluding carboxylic acids is 1. The summed E-state index contributed by atoms with van der Waals surface area (Å²) in [5, 5.41) is 2.84. The van der Waals surface area contributed by atoms with Crippen molar-refractivity contribution in [3.63, 3.8) is 0 Å². The fourth-order valence-electron chi connectivity index (χ4n) is 3.18. The number of benzene rings is 2. The Morgan fingerprint density at radius 1 is 0.871 bits per heavy atom. The third-order valence-corrected chi connectivity index (χ3v) is 4.71. The molecule has 0 bridgehead atoms. The monoisotopic (exact) mass is 407 g/mol. The third kappa shape index (κ3) is 3.97. The molecule has 0 aliphatic carbocycles. The van der Waals surface area contributed by atoms with Gasteiger partial charge < -0.3 is 10.1 Å². The normalized spacial score (nSPS) is 10.7. The number of nitrogens with zero attached hydrogens (tertiary/aromatic N) is 4. The van der Waals surface area contributed by atoms with E-state index in [1.807, 2.05) is 41.0 Å². The number of aromatic nitrogens is 4. The summed E-state index contributed by atoms with van der Waals surface area (Å²) in [5.41, 5.74) is 3.99. The molecule has 7 heteroatoms. The van der Waals surface area contributed by atoms with Crippen LogP contribution in [-0.2, 0) is 0 Å². The minimum Gasteiger partial charge on any atom is -0.437 e. The van der Waals surface area contributed by atoms with Crippen LogP contribution in [0.3, 0.4) is 0 Å². The van der Waals surface area contributed by atoms with Gasteiger partial charge in [-0.1, -0.05) is 12.1 Å². The zero-order chi connectivity index (χ0) is 21.0. The van der Waals surface area contributed by atoms with Gasteiger partial charge in [0.2, 0.25) is 5.88 Å². The molecule has 5 rings (SSSR count). The minimum absolute atomic E-state index is 0.218. The molecule has 3 heterocycles. The molecule has 3 aromatic heterocycles. The van der Waals surface area contributed by atoms with Gasteiger partial charge in [-0.15, -0.1) is 0 Å². The number of hydrogen-bond acceptors (Lipinski definition) is 5. The molecule has 1 N–H and O–H groups in total. The standard InChI is InChI=1S/C24H17N5O2/c30-24(28-18-9-12-23(26-14-18)31-20-4-3-13-25-15-20)17-7-10-19(11-8-17)29-16-27-21-5-1-2-6-22(21)29/h1-16H,(H,28,30). The van der Waals surface area contributed by atoms with Gasteiger partial charge in [0, 0.05) is 23.5 Å². The number of pyridine rings is 2. The van der Waals surface area contributed by atoms with Crippen LogP contribution in [0.4, 0.5) is 5.69 Å². The molecule has 0 radical (unpaired) electrons. The van der Waals surface area contributed by atoms with E-state index >= 15 is 0 Å². The lowest BCUT2D eigenvalue weighted by molar-refractivity contribution is 0.102. The van der Waals surface area contributed by atoms with Crippen molar-refractivity contribution in [3.05, 3.63) is 103 Å². The Labute approximate surface area is 178 Å². The van der Waals surface area contributed by atoms with Crippen LogP contribution < -0.4 is 10.1 Å². The lowest BCUT2D eigenvalue weighted by atomic mass is 10.2. The van der Waals surface area contributed by atoms with E-state index in [0.717, 1.165) is 16.7 Å². The first-order chi connectivity index (χ1) is 15.3. The lowest BCUT2D eigenvalue weighted by Crippen LogP contribution is -2.12. The van der Waals surface area contributed by atoms with Crippen molar-refractivity contribution in [2.75, 3.05) is 5.32 Å². The van der Waals surface area contributed by atoms with Gasteiger partial charge in [-0.25, -0.2) is 9.97 Å². The molecule has 0 saturated carbocycles. The second kappa shape index (κ2) is 8.08. The third-order valence-electron chi connectivity index (χ3n) is 4.71. The highest BCUT2D eigenvalue weighted by molar-refractivity contribution is 6.04. The number of anilines is 1. The highest BCUT2D eigenvalue weighted by atomic mass is 16.5. The van der Waals surface area contributed by atoms with Crippen LogP contribution in [-0.4, -0.2) is 25.4 Å². The Morgan fingerprint density at radius 3 is 2.52 bits per heavy atom. The van der Waals surface area contributed by atoms with Crippen molar-refractivity contribution in [2.24, 2.45) is 0 Å². The van der Waals surface area contributed by atoms with Gasteiger partial charge in [0.05, 0.1) is 29.1 Å². The maximum absolute atomic E-state index is 12.6. The number of ether oxygens (including phenoxy) is 1. The number of nitrogens with one attached hydrogen (secondary N) is 1. The molecule has 0 spiro atoms. The second-order valence-corrected chi connectivity index (χ2v) is 6.78. The Balaban J connectivity index is 1.27. The first-order valence-electron chi connectivity index (χ1n) is 9.64. The fraction of sp³-hybridized carbons (Fsp3) is 0. The lowest BCUT2D eigenvalue weighted by Gasteiger charge is -2.08. The molecule has 0 fully saturated rings. The van der Waals surface area contributed by atoms with Gasteiger partial charge in [0.25, 0.3) is 5.91 Å². The molecule has 5 aromatic rings. The van der Waals surface area contributed by atoms with E-state index in [-0.39, 0.29) is 5.91 Å². The van der Waals surface area contributed by atoms with Gasteiger partial charge in [-0.3, -0.25) is 14.3 Å². The van der Waals surface area contributed by atoms with Gasteiger partial charge in [-0.2, -0.15) is 0 Å². The summed E-state index contributed by atoms with van der Waals surface area (Å²) in [6, 6.07) is 22.3. The summed E-state index contributed by atoms with van der Waals surface area (Å²) in [7, 11) is 0. The van der Waals surface area contributed by atoms with Crippen molar-refractivity contribution in [1.29, 1.82) is 0 Å². The quantitative estimate of drug-likeness (QED) is 0.450. The second-order valence-electron chi connectivity index (χ2n) is 6.78. The summed E-state index contributed by atoms with van der Waals surface area (Å²) >= 11 is 0. The molecule has 150 valence electrons. The number of fused-ring (bicyclic) bond motifs is 1. The van der Waals surface area contributed by atoms with Crippen LogP contribution in [0.1, 0.15) is 10.4 Å². The molecule has 0 saturated heterocycles. The van der Waals surface area contributed by atoms with Crippen LogP contribution in [0.25, 0.3) is 16.7 Å². The topological polar surface area (TPSA) is 81.9 Å². The smallest absolute Gasteiger partial charge is 0.255 e. The molecule has 0 aliphatic heterocycles. The van der Waals surface area contributed by atoms with Crippen molar-refractivity contribution >= 4 is 22.6 Å². The Kier molecular flexibility index (Phi) is 4.82. The number of carbonyl (C=O) groups is 1. The molecule has 7 nitrogen and oxygen atoms in total. The minimum atomic E-state index is -0.218. The summed E-state index contributed by atoms with van der Waals surface area (Å²) in [4.78, 5) is 25.2. The summed E-state index contributed by atoms with van der Waals surface area (Å²) in [6.07, 6.45) is 6.60. The van der Waals surface area contributed by atoms with Gasteiger partial charge in [-0.05, 0) is 54.6 Å². The molecule has 0 atom stereocenters. The van der Waals surface area contributed by atoms with Gasteiger partial charge in [0.1, 0.15) is 12.1 Å². The molecule has 0 unspecified atom stereocenters. The molecular weight excluding hydrogens is 390 g/mol. The number of rotatable bonds is 5. The zero-order valence-electron chi connectivity index (χ0n) is 16.3. The van der Waals surface area contributed by atoms with Crippen molar-refractivity contribution in [3.8, 4) is 17.3 Å². The van der Waals surface area contributed by atoms with Crippen LogP contribution >= 0.6 is 0 Å². The van der Waals surface area contributed by atoms with E-state index in [0.29, 0.717) is 22.9 Å². The molecule has 0 aliphatic rings. The maximum Gasteiger partial charge on any atom is 0.255 e. The molecule has 1 amide bonds. The van der Waals surface area contributed by atoms with Crippen LogP contribution in [0.2, 0.25) is 0 Å². The van der Waals surface area contributed by atoms with Crippen LogP contribution in [0, 0.1) is 0 Å². The van der Waals surface area contributed by atoms with Crippen molar-refractivity contribution in [1.82, 2.24) is 19.5 Å². The highest BCUT2D eigenvalue weighted by Crippen LogP contribution is 2.21. The van der Waals surface area contributed by atoms with Crippen LogP contribution in [0.15, 0.2) is 97.7 Å². The maximum atomic E-state index is 12.6. The zero-order valence-corrected chi connectivity index (χ0v) is 16.3. The van der Waals surface area contributed by atoms with E-state index in [2.05, 4.69) is 20.3 Å². The van der Waals surface area contributed by atoms with Crippen molar-refractivity contribution in [2.45, 2.75) is 0 Å². The Morgan fingerprint density at radius 2 is 1.74 bits per heavy atom. The highest BCUT2D eigenvalue weighted by Gasteiger charge is 2.09. The Bertz CT molecular complexity index is 1330. The summed E-state index contributed by atoms with van der Waals surface area (Å²) in [6.45, 7) is 0. The van der Waals surface area contributed by atoms with Crippen LogP contribution in [0.5, 0.6) is 11.6 Å². The Hall–Kier alpha value is -4.52. The molecule has 2 aromatic carbocycles. The van der Waals surface area contributed by atoms with E-state index in [9.17, 15) is 4.79 Å². The largest absolute Gasteiger partial charge is 0.437 e. The van der Waals surface area contributed by atoms with E-state index in [4.69, 9.17) is 4.74 Å². The van der Waals surface area contributed by atoms with Gasteiger partial charge in [0.15, 0.2) is 0 Å². The van der Waals surface area contributed by atoms with Crippen molar-refractivity contribution < 1.29 is 9.53 Å². The fourth-order valence-corrected chi connectivity index (χ4v) is 3.18. The first-order valence-corrected chi connectivity index (χ1v) is 9.64. The predicted molar refractivity (Wildman–Crippen MR) is 118 cm³/mol. The SMILES string of the molecule is O=C(Nc1ccc(Oc2cccnc2)nc1)c1ccc(-n2cnc3ccccc32)cc1. The van der Waals surface area contributed by atoms with E-state index in [1.165, 1.54) is 0 Å². The van der Waals surface area contributed by atoms with E-state index < -0.39 is 0 Å². The average molecular weight is 407 g/mol. The van der Waals surface area contributed by atoms with E-state index in [1.54, 1.807) is 61.3 Å². The first kappa shape index (κ1) is 18.5. The predicted octanol–water partition coefficient (Wildman–Crippen LogP) is 4.86.